The molecule has 1 fully saturated rings. The number of hydrogen-bond acceptors (Lipinski definition) is 6. The fourth-order valence-electron chi connectivity index (χ4n) is 3.82. The van der Waals surface area contributed by atoms with Crippen molar-refractivity contribution in [2.24, 2.45) is 0 Å². The number of fused-ring (bicyclic) bond motifs is 1. The molecule has 0 unspecified atom stereocenters. The molecule has 32 heavy (non-hydrogen) atoms. The number of carbonyl (C=O) groups is 1. The molecule has 1 aliphatic heterocycles. The molecule has 0 radical (unpaired) electrons. The summed E-state index contributed by atoms with van der Waals surface area (Å²) in [5.74, 6) is 0.674. The SMILES string of the molecule is Cc1cc2nc(N(CCCN3CCOCC3)C(=O)COc3ccccc3C)sc2cc1C. The first-order valence-electron chi connectivity index (χ1n) is 11.2. The average Bonchev–Trinajstić information content (AvgIpc) is 3.19. The minimum Gasteiger partial charge on any atom is -0.483 e. The number of amides is 1. The molecule has 6 nitrogen and oxygen atoms in total. The maximum Gasteiger partial charge on any atom is 0.266 e. The van der Waals surface area contributed by atoms with E-state index in [-0.39, 0.29) is 12.5 Å². The van der Waals surface area contributed by atoms with Crippen molar-refractivity contribution >= 4 is 32.6 Å². The lowest BCUT2D eigenvalue weighted by molar-refractivity contribution is -0.120. The van der Waals surface area contributed by atoms with E-state index in [1.165, 1.54) is 11.1 Å². The molecule has 0 saturated carbocycles. The summed E-state index contributed by atoms with van der Waals surface area (Å²) in [7, 11) is 0. The van der Waals surface area contributed by atoms with Gasteiger partial charge in [-0.25, -0.2) is 4.98 Å². The number of benzene rings is 2. The molecule has 1 aromatic heterocycles. The topological polar surface area (TPSA) is 54.9 Å². The fourth-order valence-corrected chi connectivity index (χ4v) is 4.91. The lowest BCUT2D eigenvalue weighted by Crippen LogP contribution is -2.40. The van der Waals surface area contributed by atoms with E-state index in [2.05, 4.69) is 30.9 Å². The minimum absolute atomic E-state index is 0.00358. The molecule has 4 rings (SSSR count). The summed E-state index contributed by atoms with van der Waals surface area (Å²) in [6, 6.07) is 12.0. The number of nitrogens with zero attached hydrogens (tertiary/aromatic N) is 3. The van der Waals surface area contributed by atoms with Crippen LogP contribution >= 0.6 is 11.3 Å². The minimum atomic E-state index is -0.0669. The summed E-state index contributed by atoms with van der Waals surface area (Å²) in [5, 5.41) is 0.741. The van der Waals surface area contributed by atoms with Crippen molar-refractivity contribution in [3.8, 4) is 5.75 Å². The Labute approximate surface area is 193 Å². The van der Waals surface area contributed by atoms with Gasteiger partial charge in [0.1, 0.15) is 5.75 Å². The van der Waals surface area contributed by atoms with Crippen molar-refractivity contribution in [1.29, 1.82) is 0 Å². The van der Waals surface area contributed by atoms with Gasteiger partial charge in [-0.2, -0.15) is 0 Å². The Hall–Kier alpha value is -2.48. The van der Waals surface area contributed by atoms with Crippen LogP contribution in [0.5, 0.6) is 5.75 Å². The van der Waals surface area contributed by atoms with Gasteiger partial charge in [0.05, 0.1) is 23.4 Å². The van der Waals surface area contributed by atoms with Crippen LogP contribution in [-0.4, -0.2) is 61.8 Å². The average molecular weight is 454 g/mol. The van der Waals surface area contributed by atoms with Crippen molar-refractivity contribution in [2.45, 2.75) is 27.2 Å². The van der Waals surface area contributed by atoms with E-state index in [0.29, 0.717) is 6.54 Å². The summed E-state index contributed by atoms with van der Waals surface area (Å²) in [6.45, 7) is 11.2. The number of morpholine rings is 1. The third-order valence-electron chi connectivity index (χ3n) is 5.93. The summed E-state index contributed by atoms with van der Waals surface area (Å²) in [6.07, 6.45) is 0.879. The second kappa shape index (κ2) is 10.4. The van der Waals surface area contributed by atoms with Crippen LogP contribution in [0, 0.1) is 20.8 Å². The molecule has 1 amide bonds. The third kappa shape index (κ3) is 5.46. The van der Waals surface area contributed by atoms with E-state index >= 15 is 0 Å². The van der Waals surface area contributed by atoms with Crippen molar-refractivity contribution in [3.63, 3.8) is 0 Å². The maximum absolute atomic E-state index is 13.3. The Morgan fingerprint density at radius 3 is 2.66 bits per heavy atom. The zero-order valence-electron chi connectivity index (χ0n) is 19.1. The summed E-state index contributed by atoms with van der Waals surface area (Å²) in [4.78, 5) is 22.3. The highest BCUT2D eigenvalue weighted by Crippen LogP contribution is 2.31. The Morgan fingerprint density at radius 2 is 1.88 bits per heavy atom. The van der Waals surface area contributed by atoms with Gasteiger partial charge >= 0.3 is 0 Å². The van der Waals surface area contributed by atoms with Crippen LogP contribution in [-0.2, 0) is 9.53 Å². The lowest BCUT2D eigenvalue weighted by atomic mass is 10.1. The molecular weight excluding hydrogens is 422 g/mol. The standard InChI is InChI=1S/C25H31N3O3S/c1-18-7-4-5-8-22(18)31-17-24(29)28(10-6-9-27-11-13-30-14-12-27)25-26-21-15-19(2)20(3)16-23(21)32-25/h4-5,7-8,15-16H,6,9-14,17H2,1-3H3. The van der Waals surface area contributed by atoms with Crippen LogP contribution in [0.2, 0.25) is 0 Å². The number of anilines is 1. The van der Waals surface area contributed by atoms with E-state index in [1.54, 1.807) is 16.2 Å². The summed E-state index contributed by atoms with van der Waals surface area (Å²) in [5.41, 5.74) is 4.41. The smallest absolute Gasteiger partial charge is 0.266 e. The molecule has 0 bridgehead atoms. The molecule has 2 aromatic carbocycles. The molecule has 170 valence electrons. The molecule has 0 N–H and O–H groups in total. The zero-order chi connectivity index (χ0) is 22.5. The lowest BCUT2D eigenvalue weighted by Gasteiger charge is -2.27. The molecule has 1 aliphatic rings. The Balaban J connectivity index is 1.50. The highest BCUT2D eigenvalue weighted by atomic mass is 32.1. The molecule has 0 aliphatic carbocycles. The van der Waals surface area contributed by atoms with E-state index in [4.69, 9.17) is 14.5 Å². The second-order valence-electron chi connectivity index (χ2n) is 8.31. The molecule has 2 heterocycles. The van der Waals surface area contributed by atoms with Crippen LogP contribution in [0.15, 0.2) is 36.4 Å². The molecule has 7 heteroatoms. The van der Waals surface area contributed by atoms with Gasteiger partial charge in [-0.1, -0.05) is 29.5 Å². The van der Waals surface area contributed by atoms with Gasteiger partial charge in [-0.3, -0.25) is 14.6 Å². The summed E-state index contributed by atoms with van der Waals surface area (Å²) >= 11 is 1.57. The van der Waals surface area contributed by atoms with Crippen molar-refractivity contribution in [1.82, 2.24) is 9.88 Å². The molecule has 0 spiro atoms. The van der Waals surface area contributed by atoms with Crippen LogP contribution in [0.4, 0.5) is 5.13 Å². The number of para-hydroxylation sites is 1. The predicted octanol–water partition coefficient (Wildman–Crippen LogP) is 4.36. The van der Waals surface area contributed by atoms with Crippen LogP contribution in [0.25, 0.3) is 10.2 Å². The van der Waals surface area contributed by atoms with E-state index in [0.717, 1.165) is 65.9 Å². The Kier molecular flexibility index (Phi) is 7.40. The monoisotopic (exact) mass is 453 g/mol. The quantitative estimate of drug-likeness (QED) is 0.507. The van der Waals surface area contributed by atoms with E-state index in [1.807, 2.05) is 31.2 Å². The molecule has 3 aromatic rings. The van der Waals surface area contributed by atoms with Crippen molar-refractivity contribution in [3.05, 3.63) is 53.1 Å². The van der Waals surface area contributed by atoms with Crippen LogP contribution in [0.1, 0.15) is 23.1 Å². The van der Waals surface area contributed by atoms with Crippen molar-refractivity contribution in [2.75, 3.05) is 50.9 Å². The molecular formula is C25H31N3O3S. The molecule has 1 saturated heterocycles. The first-order valence-corrected chi connectivity index (χ1v) is 12.0. The van der Waals surface area contributed by atoms with Gasteiger partial charge in [0, 0.05) is 26.2 Å². The van der Waals surface area contributed by atoms with Gasteiger partial charge in [-0.05, 0) is 62.1 Å². The highest BCUT2D eigenvalue weighted by molar-refractivity contribution is 7.22. The van der Waals surface area contributed by atoms with E-state index < -0.39 is 0 Å². The largest absolute Gasteiger partial charge is 0.483 e. The number of aryl methyl sites for hydroxylation is 3. The van der Waals surface area contributed by atoms with Crippen LogP contribution < -0.4 is 9.64 Å². The van der Waals surface area contributed by atoms with Gasteiger partial charge in [-0.15, -0.1) is 0 Å². The second-order valence-corrected chi connectivity index (χ2v) is 9.32. The first kappa shape index (κ1) is 22.7. The van der Waals surface area contributed by atoms with Crippen LogP contribution in [0.3, 0.4) is 0 Å². The number of hydrogen-bond donors (Lipinski definition) is 0. The maximum atomic E-state index is 13.3. The number of ether oxygens (including phenoxy) is 2. The number of rotatable bonds is 8. The number of carbonyl (C=O) groups excluding carboxylic acids is 1. The zero-order valence-corrected chi connectivity index (χ0v) is 19.9. The van der Waals surface area contributed by atoms with Gasteiger partial charge in [0.25, 0.3) is 5.91 Å². The molecule has 0 atom stereocenters. The van der Waals surface area contributed by atoms with Gasteiger partial charge in [0.2, 0.25) is 0 Å². The predicted molar refractivity (Wildman–Crippen MR) is 130 cm³/mol. The fraction of sp³-hybridized carbons (Fsp3) is 0.440. The highest BCUT2D eigenvalue weighted by Gasteiger charge is 2.21. The number of thiazole rings is 1. The summed E-state index contributed by atoms with van der Waals surface area (Å²) < 4.78 is 12.4. The Morgan fingerprint density at radius 1 is 1.12 bits per heavy atom. The number of aromatic nitrogens is 1. The third-order valence-corrected chi connectivity index (χ3v) is 6.97. The van der Waals surface area contributed by atoms with E-state index in [9.17, 15) is 4.79 Å². The normalized spacial score (nSPS) is 14.6. The first-order chi connectivity index (χ1) is 15.5. The van der Waals surface area contributed by atoms with Gasteiger partial charge < -0.3 is 9.47 Å². The van der Waals surface area contributed by atoms with Gasteiger partial charge in [0.15, 0.2) is 11.7 Å². The Bertz CT molecular complexity index is 1040. The van der Waals surface area contributed by atoms with Crippen molar-refractivity contribution < 1.29 is 14.3 Å².